The first kappa shape index (κ1) is 13.2. The summed E-state index contributed by atoms with van der Waals surface area (Å²) in [6.07, 6.45) is 0.978. The number of piperazine rings is 1. The van der Waals surface area contributed by atoms with Crippen LogP contribution < -0.4 is 20.1 Å². The summed E-state index contributed by atoms with van der Waals surface area (Å²) in [5, 5.41) is 6.93. The van der Waals surface area contributed by atoms with Gasteiger partial charge in [-0.05, 0) is 30.5 Å². The van der Waals surface area contributed by atoms with Crippen molar-refractivity contribution < 1.29 is 9.47 Å². The molecule has 0 radical (unpaired) electrons. The molecule has 2 N–H and O–H groups in total. The van der Waals surface area contributed by atoms with Crippen molar-refractivity contribution in [1.29, 1.82) is 0 Å². The van der Waals surface area contributed by atoms with Gasteiger partial charge in [0.25, 0.3) is 0 Å². The molecule has 0 aliphatic carbocycles. The van der Waals surface area contributed by atoms with Crippen molar-refractivity contribution in [3.63, 3.8) is 0 Å². The van der Waals surface area contributed by atoms with Crippen LogP contribution in [0.2, 0.25) is 0 Å². The van der Waals surface area contributed by atoms with E-state index in [9.17, 15) is 0 Å². The molecule has 4 heteroatoms. The summed E-state index contributed by atoms with van der Waals surface area (Å²) < 4.78 is 10.8. The molecule has 0 bridgehead atoms. The molecule has 1 atom stereocenters. The van der Waals surface area contributed by atoms with Crippen molar-refractivity contribution in [3.8, 4) is 11.5 Å². The molecule has 1 aromatic carbocycles. The Balaban J connectivity index is 2.19. The van der Waals surface area contributed by atoms with Gasteiger partial charge < -0.3 is 20.1 Å². The Morgan fingerprint density at radius 3 is 2.67 bits per heavy atom. The molecule has 2 rings (SSSR count). The van der Waals surface area contributed by atoms with Crippen molar-refractivity contribution in [2.24, 2.45) is 0 Å². The van der Waals surface area contributed by atoms with Crippen LogP contribution >= 0.6 is 0 Å². The van der Waals surface area contributed by atoms with Crippen molar-refractivity contribution in [1.82, 2.24) is 10.6 Å². The Bertz CT molecular complexity index is 401. The molecule has 1 heterocycles. The summed E-state index contributed by atoms with van der Waals surface area (Å²) in [5.41, 5.74) is 2.48. The van der Waals surface area contributed by atoms with Crippen molar-refractivity contribution >= 4 is 0 Å². The van der Waals surface area contributed by atoms with Gasteiger partial charge in [-0.25, -0.2) is 0 Å². The number of hydrogen-bond donors (Lipinski definition) is 2. The molecule has 1 aliphatic rings. The van der Waals surface area contributed by atoms with Crippen LogP contribution in [0.25, 0.3) is 0 Å². The van der Waals surface area contributed by atoms with E-state index in [2.05, 4.69) is 23.6 Å². The SMILES string of the molecule is COc1cc(C)c(CC2CNCCN2)c(OC)c1. The zero-order valence-electron chi connectivity index (χ0n) is 11.4. The Morgan fingerprint density at radius 1 is 1.22 bits per heavy atom. The van der Waals surface area contributed by atoms with E-state index >= 15 is 0 Å². The van der Waals surface area contributed by atoms with Crippen LogP contribution in [0.15, 0.2) is 12.1 Å². The van der Waals surface area contributed by atoms with E-state index in [4.69, 9.17) is 9.47 Å². The smallest absolute Gasteiger partial charge is 0.126 e. The minimum Gasteiger partial charge on any atom is -0.497 e. The maximum atomic E-state index is 5.48. The lowest BCUT2D eigenvalue weighted by Gasteiger charge is -2.26. The predicted molar refractivity (Wildman–Crippen MR) is 72.6 cm³/mol. The Morgan fingerprint density at radius 2 is 2.06 bits per heavy atom. The Labute approximate surface area is 109 Å². The largest absolute Gasteiger partial charge is 0.497 e. The minimum atomic E-state index is 0.472. The highest BCUT2D eigenvalue weighted by atomic mass is 16.5. The van der Waals surface area contributed by atoms with Crippen LogP contribution in [0.5, 0.6) is 11.5 Å². The highest BCUT2D eigenvalue weighted by Gasteiger charge is 2.17. The van der Waals surface area contributed by atoms with Crippen LogP contribution in [-0.2, 0) is 6.42 Å². The van der Waals surface area contributed by atoms with Gasteiger partial charge in [-0.1, -0.05) is 0 Å². The van der Waals surface area contributed by atoms with Gasteiger partial charge in [0.1, 0.15) is 11.5 Å². The average molecular weight is 250 g/mol. The lowest BCUT2D eigenvalue weighted by Crippen LogP contribution is -2.49. The van der Waals surface area contributed by atoms with E-state index in [1.54, 1.807) is 14.2 Å². The van der Waals surface area contributed by atoms with Crippen LogP contribution in [0.1, 0.15) is 11.1 Å². The fraction of sp³-hybridized carbons (Fsp3) is 0.571. The molecule has 1 aliphatic heterocycles. The number of benzene rings is 1. The van der Waals surface area contributed by atoms with Crippen LogP contribution in [0, 0.1) is 6.92 Å². The van der Waals surface area contributed by atoms with Crippen LogP contribution in [0.4, 0.5) is 0 Å². The quantitative estimate of drug-likeness (QED) is 0.840. The maximum Gasteiger partial charge on any atom is 0.126 e. The van der Waals surface area contributed by atoms with E-state index in [1.165, 1.54) is 11.1 Å². The van der Waals surface area contributed by atoms with Gasteiger partial charge in [-0.15, -0.1) is 0 Å². The molecule has 4 nitrogen and oxygen atoms in total. The van der Waals surface area contributed by atoms with Gasteiger partial charge in [0.15, 0.2) is 0 Å². The third-order valence-electron chi connectivity index (χ3n) is 3.44. The Hall–Kier alpha value is -1.26. The lowest BCUT2D eigenvalue weighted by atomic mass is 9.98. The van der Waals surface area contributed by atoms with Gasteiger partial charge in [-0.2, -0.15) is 0 Å². The third-order valence-corrected chi connectivity index (χ3v) is 3.44. The standard InChI is InChI=1S/C14H22N2O2/c1-10-6-12(17-2)8-14(18-3)13(10)7-11-9-15-4-5-16-11/h6,8,11,15-16H,4-5,7,9H2,1-3H3. The number of ether oxygens (including phenoxy) is 2. The zero-order chi connectivity index (χ0) is 13.0. The number of rotatable bonds is 4. The van der Waals surface area contributed by atoms with Crippen LogP contribution in [-0.4, -0.2) is 39.9 Å². The molecule has 0 saturated carbocycles. The van der Waals surface area contributed by atoms with E-state index in [-0.39, 0.29) is 0 Å². The molecule has 1 fully saturated rings. The van der Waals surface area contributed by atoms with E-state index < -0.39 is 0 Å². The molecule has 0 spiro atoms. The van der Waals surface area contributed by atoms with Crippen molar-refractivity contribution in [2.45, 2.75) is 19.4 Å². The highest BCUT2D eigenvalue weighted by molar-refractivity contribution is 5.46. The fourth-order valence-corrected chi connectivity index (χ4v) is 2.42. The summed E-state index contributed by atoms with van der Waals surface area (Å²) in [5.74, 6) is 1.77. The molecule has 18 heavy (non-hydrogen) atoms. The van der Waals surface area contributed by atoms with E-state index in [0.717, 1.165) is 37.6 Å². The molecular formula is C14H22N2O2. The van der Waals surface area contributed by atoms with E-state index in [1.807, 2.05) is 6.07 Å². The van der Waals surface area contributed by atoms with Crippen LogP contribution in [0.3, 0.4) is 0 Å². The van der Waals surface area contributed by atoms with Gasteiger partial charge >= 0.3 is 0 Å². The molecule has 1 unspecified atom stereocenters. The Kier molecular flexibility index (Phi) is 4.44. The average Bonchev–Trinajstić information content (AvgIpc) is 2.42. The minimum absolute atomic E-state index is 0.472. The van der Waals surface area contributed by atoms with Crippen molar-refractivity contribution in [2.75, 3.05) is 33.9 Å². The first-order chi connectivity index (χ1) is 8.74. The normalized spacial score (nSPS) is 19.6. The molecule has 0 amide bonds. The molecule has 100 valence electrons. The van der Waals surface area contributed by atoms with Crippen molar-refractivity contribution in [3.05, 3.63) is 23.3 Å². The highest BCUT2D eigenvalue weighted by Crippen LogP contribution is 2.29. The van der Waals surface area contributed by atoms with Gasteiger partial charge in [0, 0.05) is 31.7 Å². The summed E-state index contributed by atoms with van der Waals surface area (Å²) in [6.45, 7) is 5.20. The fourth-order valence-electron chi connectivity index (χ4n) is 2.42. The molecular weight excluding hydrogens is 228 g/mol. The maximum absolute atomic E-state index is 5.48. The van der Waals surface area contributed by atoms with Gasteiger partial charge in [0.2, 0.25) is 0 Å². The summed E-state index contributed by atoms with van der Waals surface area (Å²) in [4.78, 5) is 0. The first-order valence-electron chi connectivity index (χ1n) is 6.40. The topological polar surface area (TPSA) is 42.5 Å². The molecule has 0 aromatic heterocycles. The molecule has 1 saturated heterocycles. The lowest BCUT2D eigenvalue weighted by molar-refractivity contribution is 0.380. The third kappa shape index (κ3) is 2.94. The van der Waals surface area contributed by atoms with Gasteiger partial charge in [0.05, 0.1) is 14.2 Å². The first-order valence-corrected chi connectivity index (χ1v) is 6.40. The number of methoxy groups -OCH3 is 2. The predicted octanol–water partition coefficient (Wildman–Crippen LogP) is 1.12. The summed E-state index contributed by atoms with van der Waals surface area (Å²) in [7, 11) is 3.39. The van der Waals surface area contributed by atoms with E-state index in [0.29, 0.717) is 6.04 Å². The van der Waals surface area contributed by atoms with Gasteiger partial charge in [-0.3, -0.25) is 0 Å². The zero-order valence-corrected chi connectivity index (χ0v) is 11.4. The second kappa shape index (κ2) is 6.07. The monoisotopic (exact) mass is 250 g/mol. The second-order valence-electron chi connectivity index (χ2n) is 4.68. The summed E-state index contributed by atoms with van der Waals surface area (Å²) >= 11 is 0. The second-order valence-corrected chi connectivity index (χ2v) is 4.68. The number of aryl methyl sites for hydroxylation is 1. The molecule has 1 aromatic rings. The summed E-state index contributed by atoms with van der Waals surface area (Å²) in [6, 6.07) is 4.49. The number of nitrogens with one attached hydrogen (secondary N) is 2. The number of hydrogen-bond acceptors (Lipinski definition) is 4.